The molecule has 0 saturated heterocycles. The molecule has 0 radical (unpaired) electrons. The molecular formula is C22H22ClF4NO4. The van der Waals surface area contributed by atoms with Crippen LogP contribution in [0.4, 0.5) is 23.2 Å². The number of benzene rings is 2. The van der Waals surface area contributed by atoms with Gasteiger partial charge in [-0.15, -0.1) is 0 Å². The van der Waals surface area contributed by atoms with Crippen molar-refractivity contribution in [3.8, 4) is 17.2 Å². The second-order valence-electron chi connectivity index (χ2n) is 7.74. The number of hydrogen-bond acceptors (Lipinski definition) is 4. The number of halogens is 5. The number of likely N-dealkylation sites (N-methyl/N-ethyl adjacent to an activating group) is 1. The lowest BCUT2D eigenvalue weighted by atomic mass is 9.78. The third kappa shape index (κ3) is 3.88. The van der Waals surface area contributed by atoms with Gasteiger partial charge in [-0.05, 0) is 44.0 Å². The molecule has 0 saturated carbocycles. The Labute approximate surface area is 187 Å². The molecule has 0 aromatic heterocycles. The summed E-state index contributed by atoms with van der Waals surface area (Å²) in [5.74, 6) is -2.11. The molecule has 1 aliphatic rings. The summed E-state index contributed by atoms with van der Waals surface area (Å²) in [6, 6.07) is 5.10. The minimum Gasteiger partial charge on any atom is -0.472 e. The molecular weight excluding hydrogens is 454 g/mol. The zero-order valence-corrected chi connectivity index (χ0v) is 18.6. The topological polar surface area (TPSA) is 59.0 Å². The lowest BCUT2D eigenvalue weighted by Crippen LogP contribution is -2.66. The van der Waals surface area contributed by atoms with Gasteiger partial charge in [0, 0.05) is 13.1 Å². The second-order valence-corrected chi connectivity index (χ2v) is 8.14. The first-order chi connectivity index (χ1) is 14.8. The third-order valence-corrected chi connectivity index (χ3v) is 6.20. The molecule has 2 aromatic carbocycles. The highest BCUT2D eigenvalue weighted by molar-refractivity contribution is 6.32. The standard InChI is InChI=1S/C22H22ClF4NO4/c1-5-21(30,6-2)20(3)19(29)28(4)16-8-7-13(11-17(16)32-20)31-18-14(23)9-12(10-15(18)24)22(25,26)27/h7-11,30H,5-6H2,1-4H3. The van der Waals surface area contributed by atoms with Crippen molar-refractivity contribution >= 4 is 23.2 Å². The summed E-state index contributed by atoms with van der Waals surface area (Å²) >= 11 is 5.84. The van der Waals surface area contributed by atoms with Crippen LogP contribution in [0.15, 0.2) is 30.3 Å². The van der Waals surface area contributed by atoms with Crippen LogP contribution >= 0.6 is 11.6 Å². The summed E-state index contributed by atoms with van der Waals surface area (Å²) in [6.45, 7) is 4.95. The maximum atomic E-state index is 14.3. The number of fused-ring (bicyclic) bond motifs is 1. The van der Waals surface area contributed by atoms with Gasteiger partial charge in [-0.2, -0.15) is 13.2 Å². The van der Waals surface area contributed by atoms with Crippen molar-refractivity contribution in [3.63, 3.8) is 0 Å². The first kappa shape index (κ1) is 24.1. The number of amides is 1. The Balaban J connectivity index is 2.00. The molecule has 1 N–H and O–H groups in total. The Morgan fingerprint density at radius 2 is 1.81 bits per heavy atom. The van der Waals surface area contributed by atoms with E-state index >= 15 is 0 Å². The molecule has 10 heteroatoms. The lowest BCUT2D eigenvalue weighted by molar-refractivity contribution is -0.165. The second kappa shape index (κ2) is 8.12. The van der Waals surface area contributed by atoms with Crippen LogP contribution in [0, 0.1) is 5.82 Å². The van der Waals surface area contributed by atoms with Crippen LogP contribution < -0.4 is 14.4 Å². The summed E-state index contributed by atoms with van der Waals surface area (Å²) in [5.41, 5.74) is -3.92. The average Bonchev–Trinajstić information content (AvgIpc) is 2.73. The van der Waals surface area contributed by atoms with E-state index in [9.17, 15) is 27.5 Å². The molecule has 0 bridgehead atoms. The van der Waals surface area contributed by atoms with Crippen LogP contribution in [0.3, 0.4) is 0 Å². The van der Waals surface area contributed by atoms with Gasteiger partial charge in [0.2, 0.25) is 5.60 Å². The fourth-order valence-electron chi connectivity index (χ4n) is 3.77. The van der Waals surface area contributed by atoms with Crippen molar-refractivity contribution in [3.05, 3.63) is 46.7 Å². The quantitative estimate of drug-likeness (QED) is 0.542. The predicted molar refractivity (Wildman–Crippen MR) is 111 cm³/mol. The zero-order valence-electron chi connectivity index (χ0n) is 17.8. The third-order valence-electron chi connectivity index (χ3n) is 5.92. The van der Waals surface area contributed by atoms with E-state index in [2.05, 4.69) is 0 Å². The Morgan fingerprint density at radius 3 is 2.34 bits per heavy atom. The monoisotopic (exact) mass is 475 g/mol. The summed E-state index contributed by atoms with van der Waals surface area (Å²) < 4.78 is 64.3. The van der Waals surface area contributed by atoms with Gasteiger partial charge in [-0.1, -0.05) is 25.4 Å². The molecule has 1 unspecified atom stereocenters. The molecule has 32 heavy (non-hydrogen) atoms. The molecule has 1 heterocycles. The number of nitrogens with zero attached hydrogens (tertiary/aromatic N) is 1. The van der Waals surface area contributed by atoms with E-state index in [0.29, 0.717) is 17.8 Å². The maximum absolute atomic E-state index is 14.3. The number of aliphatic hydroxyl groups is 1. The summed E-state index contributed by atoms with van der Waals surface area (Å²) in [4.78, 5) is 14.3. The largest absolute Gasteiger partial charge is 0.472 e. The van der Waals surface area contributed by atoms with Crippen molar-refractivity contribution in [2.24, 2.45) is 0 Å². The number of rotatable bonds is 5. The van der Waals surface area contributed by atoms with Crippen LogP contribution in [-0.2, 0) is 11.0 Å². The lowest BCUT2D eigenvalue weighted by Gasteiger charge is -2.47. The number of hydrogen-bond donors (Lipinski definition) is 1. The van der Waals surface area contributed by atoms with Gasteiger partial charge in [0.15, 0.2) is 11.6 Å². The van der Waals surface area contributed by atoms with Gasteiger partial charge in [-0.3, -0.25) is 4.79 Å². The number of carbonyl (C=O) groups is 1. The van der Waals surface area contributed by atoms with E-state index in [0.717, 1.165) is 0 Å². The molecule has 1 atom stereocenters. The van der Waals surface area contributed by atoms with E-state index in [1.807, 2.05) is 0 Å². The minimum atomic E-state index is -4.76. The van der Waals surface area contributed by atoms with Crippen molar-refractivity contribution in [2.45, 2.75) is 51.0 Å². The van der Waals surface area contributed by atoms with Crippen molar-refractivity contribution < 1.29 is 36.9 Å². The number of anilines is 1. The fourth-order valence-corrected chi connectivity index (χ4v) is 4.01. The van der Waals surface area contributed by atoms with Gasteiger partial charge >= 0.3 is 6.18 Å². The van der Waals surface area contributed by atoms with Crippen LogP contribution in [-0.4, -0.2) is 29.3 Å². The number of alkyl halides is 3. The van der Waals surface area contributed by atoms with E-state index in [1.165, 1.54) is 37.1 Å². The molecule has 0 fully saturated rings. The summed E-state index contributed by atoms with van der Waals surface area (Å²) in [6.07, 6.45) is -4.27. The van der Waals surface area contributed by atoms with Gasteiger partial charge in [0.1, 0.15) is 17.1 Å². The van der Waals surface area contributed by atoms with Gasteiger partial charge < -0.3 is 19.5 Å². The highest BCUT2D eigenvalue weighted by atomic mass is 35.5. The van der Waals surface area contributed by atoms with E-state index in [4.69, 9.17) is 21.1 Å². The first-order valence-corrected chi connectivity index (χ1v) is 10.2. The molecule has 0 spiro atoms. The smallest absolute Gasteiger partial charge is 0.416 e. The van der Waals surface area contributed by atoms with Crippen molar-refractivity contribution in [2.75, 3.05) is 11.9 Å². The molecule has 0 aliphatic carbocycles. The SMILES string of the molecule is CCC(O)(CC)C1(C)Oc2cc(Oc3c(F)cc(C(F)(F)F)cc3Cl)ccc2N(C)C1=O. The summed E-state index contributed by atoms with van der Waals surface area (Å²) in [5, 5.41) is 10.5. The van der Waals surface area contributed by atoms with Crippen molar-refractivity contribution in [1.82, 2.24) is 0 Å². The molecule has 1 aliphatic heterocycles. The van der Waals surface area contributed by atoms with Crippen LogP contribution in [0.25, 0.3) is 0 Å². The predicted octanol–water partition coefficient (Wildman–Crippen LogP) is 5.96. The molecule has 1 amide bonds. The van der Waals surface area contributed by atoms with E-state index < -0.39 is 45.4 Å². The van der Waals surface area contributed by atoms with Gasteiger partial charge in [-0.25, -0.2) is 4.39 Å². The number of carbonyl (C=O) groups excluding carboxylic acids is 1. The van der Waals surface area contributed by atoms with Crippen molar-refractivity contribution in [1.29, 1.82) is 0 Å². The highest BCUT2D eigenvalue weighted by Gasteiger charge is 2.56. The molecule has 2 aromatic rings. The van der Waals surface area contributed by atoms with Crippen LogP contribution in [0.1, 0.15) is 39.2 Å². The first-order valence-electron chi connectivity index (χ1n) is 9.85. The number of ether oxygens (including phenoxy) is 2. The molecule has 3 rings (SSSR count). The minimum absolute atomic E-state index is 0.0194. The van der Waals surface area contributed by atoms with Gasteiger partial charge in [0.05, 0.1) is 16.3 Å². The van der Waals surface area contributed by atoms with E-state index in [1.54, 1.807) is 13.8 Å². The Kier molecular flexibility index (Phi) is 6.12. The zero-order chi connectivity index (χ0) is 24.1. The van der Waals surface area contributed by atoms with Gasteiger partial charge in [0.25, 0.3) is 5.91 Å². The summed E-state index contributed by atoms with van der Waals surface area (Å²) in [7, 11) is 1.53. The van der Waals surface area contributed by atoms with Crippen LogP contribution in [0.5, 0.6) is 17.2 Å². The van der Waals surface area contributed by atoms with Crippen LogP contribution in [0.2, 0.25) is 5.02 Å². The normalized spacial score (nSPS) is 18.9. The maximum Gasteiger partial charge on any atom is 0.416 e. The average molecular weight is 476 g/mol. The Hall–Kier alpha value is -2.52. The Morgan fingerprint density at radius 1 is 1.19 bits per heavy atom. The highest BCUT2D eigenvalue weighted by Crippen LogP contribution is 2.46. The Bertz CT molecular complexity index is 1030. The molecule has 174 valence electrons. The molecule has 5 nitrogen and oxygen atoms in total. The van der Waals surface area contributed by atoms with E-state index in [-0.39, 0.29) is 24.3 Å². The fraction of sp³-hybridized carbons (Fsp3) is 0.409.